The number of carboxylic acid groups (broad SMARTS) is 1. The third-order valence-corrected chi connectivity index (χ3v) is 4.06. The summed E-state index contributed by atoms with van der Waals surface area (Å²) in [5.41, 5.74) is 1.15. The van der Waals surface area contributed by atoms with Crippen LogP contribution in [0.15, 0.2) is 30.7 Å². The molecule has 0 aromatic carbocycles. The summed E-state index contributed by atoms with van der Waals surface area (Å²) in [6.07, 6.45) is 6.10. The number of aromatic hydroxyl groups is 1. The Hall–Kier alpha value is -2.90. The molecule has 0 unspecified atom stereocenters. The molecule has 1 amide bonds. The van der Waals surface area contributed by atoms with Gasteiger partial charge >= 0.3 is 5.97 Å². The van der Waals surface area contributed by atoms with E-state index in [4.69, 9.17) is 5.11 Å². The molecule has 0 saturated carbocycles. The van der Waals surface area contributed by atoms with Crippen molar-refractivity contribution in [2.75, 3.05) is 13.1 Å². The van der Waals surface area contributed by atoms with Crippen LogP contribution in [-0.4, -0.2) is 54.8 Å². The molecular formula is C16H18N4O4. The van der Waals surface area contributed by atoms with Crippen molar-refractivity contribution in [3.63, 3.8) is 0 Å². The number of likely N-dealkylation sites (tertiary alicyclic amines) is 1. The van der Waals surface area contributed by atoms with Crippen LogP contribution >= 0.6 is 0 Å². The molecule has 1 atom stereocenters. The van der Waals surface area contributed by atoms with Gasteiger partial charge in [-0.2, -0.15) is 5.10 Å². The number of rotatable bonds is 4. The first-order chi connectivity index (χ1) is 11.5. The van der Waals surface area contributed by atoms with E-state index in [1.807, 2.05) is 0 Å². The standard InChI is InChI=1S/C16H18N4O4/c21-13-6-12(7-17-8-13)16(24)19-4-1-2-11(9-19)14-3-5-20(18-14)10-15(22)23/h3,5-8,11,21H,1-2,4,9-10H2,(H,22,23)/t11-/m0/s1. The highest BCUT2D eigenvalue weighted by atomic mass is 16.4. The zero-order valence-electron chi connectivity index (χ0n) is 13.0. The maximum atomic E-state index is 12.6. The second kappa shape index (κ2) is 6.69. The van der Waals surface area contributed by atoms with Crippen molar-refractivity contribution in [2.24, 2.45) is 0 Å². The summed E-state index contributed by atoms with van der Waals surface area (Å²) >= 11 is 0. The van der Waals surface area contributed by atoms with Crippen LogP contribution in [0.25, 0.3) is 0 Å². The number of nitrogens with zero attached hydrogens (tertiary/aromatic N) is 4. The van der Waals surface area contributed by atoms with E-state index in [0.717, 1.165) is 18.5 Å². The molecule has 126 valence electrons. The lowest BCUT2D eigenvalue weighted by molar-refractivity contribution is -0.137. The van der Waals surface area contributed by atoms with E-state index >= 15 is 0 Å². The maximum Gasteiger partial charge on any atom is 0.325 e. The zero-order valence-corrected chi connectivity index (χ0v) is 13.0. The van der Waals surface area contributed by atoms with Crippen molar-refractivity contribution in [1.29, 1.82) is 0 Å². The summed E-state index contributed by atoms with van der Waals surface area (Å²) < 4.78 is 1.39. The minimum Gasteiger partial charge on any atom is -0.506 e. The molecule has 2 N–H and O–H groups in total. The molecule has 1 aliphatic heterocycles. The molecule has 2 aromatic heterocycles. The fourth-order valence-electron chi connectivity index (χ4n) is 2.95. The average Bonchev–Trinajstić information content (AvgIpc) is 3.02. The zero-order chi connectivity index (χ0) is 17.1. The highest BCUT2D eigenvalue weighted by molar-refractivity contribution is 5.94. The van der Waals surface area contributed by atoms with Gasteiger partial charge in [-0.05, 0) is 25.0 Å². The first-order valence-corrected chi connectivity index (χ1v) is 7.71. The molecule has 3 heterocycles. The van der Waals surface area contributed by atoms with Gasteiger partial charge in [0, 0.05) is 31.4 Å². The van der Waals surface area contributed by atoms with Gasteiger partial charge in [-0.25, -0.2) is 0 Å². The van der Waals surface area contributed by atoms with Crippen LogP contribution in [0.1, 0.15) is 34.8 Å². The van der Waals surface area contributed by atoms with Gasteiger partial charge in [-0.1, -0.05) is 0 Å². The lowest BCUT2D eigenvalue weighted by Crippen LogP contribution is -2.39. The average molecular weight is 330 g/mol. The number of amides is 1. The van der Waals surface area contributed by atoms with Crippen molar-refractivity contribution < 1.29 is 19.8 Å². The number of carbonyl (C=O) groups is 2. The second-order valence-corrected chi connectivity index (χ2v) is 5.85. The third kappa shape index (κ3) is 3.53. The van der Waals surface area contributed by atoms with Crippen LogP contribution in [0.3, 0.4) is 0 Å². The van der Waals surface area contributed by atoms with Crippen molar-refractivity contribution >= 4 is 11.9 Å². The van der Waals surface area contributed by atoms with Crippen molar-refractivity contribution in [3.05, 3.63) is 42.0 Å². The van der Waals surface area contributed by atoms with Gasteiger partial charge in [0.25, 0.3) is 5.91 Å². The number of aliphatic carboxylic acids is 1. The number of aromatic nitrogens is 3. The number of hydrogen-bond donors (Lipinski definition) is 2. The molecule has 0 aliphatic carbocycles. The van der Waals surface area contributed by atoms with E-state index in [0.29, 0.717) is 18.7 Å². The highest BCUT2D eigenvalue weighted by Crippen LogP contribution is 2.26. The van der Waals surface area contributed by atoms with E-state index in [2.05, 4.69) is 10.1 Å². The first-order valence-electron chi connectivity index (χ1n) is 7.71. The van der Waals surface area contributed by atoms with Crippen LogP contribution in [0.4, 0.5) is 0 Å². The van der Waals surface area contributed by atoms with Gasteiger partial charge in [0.15, 0.2) is 0 Å². The van der Waals surface area contributed by atoms with E-state index in [9.17, 15) is 14.7 Å². The Morgan fingerprint density at radius 1 is 1.33 bits per heavy atom. The maximum absolute atomic E-state index is 12.6. The largest absolute Gasteiger partial charge is 0.506 e. The molecule has 2 aromatic rings. The van der Waals surface area contributed by atoms with Crippen LogP contribution in [0.2, 0.25) is 0 Å². The molecule has 8 nitrogen and oxygen atoms in total. The number of piperidine rings is 1. The van der Waals surface area contributed by atoms with Crippen molar-refractivity contribution in [2.45, 2.75) is 25.3 Å². The number of hydrogen-bond acceptors (Lipinski definition) is 5. The van der Waals surface area contributed by atoms with E-state index in [-0.39, 0.29) is 24.1 Å². The van der Waals surface area contributed by atoms with Crippen molar-refractivity contribution in [3.8, 4) is 5.75 Å². The minimum atomic E-state index is -0.943. The molecule has 0 radical (unpaired) electrons. The minimum absolute atomic E-state index is 0.0400. The third-order valence-electron chi connectivity index (χ3n) is 4.06. The quantitative estimate of drug-likeness (QED) is 0.868. The normalized spacial score (nSPS) is 17.7. The van der Waals surface area contributed by atoms with Crippen LogP contribution < -0.4 is 0 Å². The smallest absolute Gasteiger partial charge is 0.325 e. The summed E-state index contributed by atoms with van der Waals surface area (Å²) in [7, 11) is 0. The molecule has 24 heavy (non-hydrogen) atoms. The molecule has 1 fully saturated rings. The molecule has 0 spiro atoms. The van der Waals surface area contributed by atoms with Crippen molar-refractivity contribution in [1.82, 2.24) is 19.7 Å². The Labute approximate surface area is 138 Å². The van der Waals surface area contributed by atoms with E-state index in [1.54, 1.807) is 17.2 Å². The summed E-state index contributed by atoms with van der Waals surface area (Å²) in [4.78, 5) is 28.9. The number of carboxylic acids is 1. The summed E-state index contributed by atoms with van der Waals surface area (Å²) in [6.45, 7) is 0.976. The number of pyridine rings is 1. The Kier molecular flexibility index (Phi) is 4.45. The Balaban J connectivity index is 1.71. The topological polar surface area (TPSA) is 109 Å². The molecule has 1 aliphatic rings. The first kappa shape index (κ1) is 16.0. The summed E-state index contributed by atoms with van der Waals surface area (Å²) in [6, 6.07) is 3.21. The molecular weight excluding hydrogens is 312 g/mol. The summed E-state index contributed by atoms with van der Waals surface area (Å²) in [5.74, 6) is -1.08. The van der Waals surface area contributed by atoms with Gasteiger partial charge in [0.05, 0.1) is 17.5 Å². The van der Waals surface area contributed by atoms with E-state index < -0.39 is 5.97 Å². The molecule has 0 bridgehead atoms. The van der Waals surface area contributed by atoms with Gasteiger partial charge < -0.3 is 15.1 Å². The predicted molar refractivity (Wildman–Crippen MR) is 83.6 cm³/mol. The Morgan fingerprint density at radius 3 is 2.92 bits per heavy atom. The highest BCUT2D eigenvalue weighted by Gasteiger charge is 2.27. The predicted octanol–water partition coefficient (Wildman–Crippen LogP) is 1.09. The Morgan fingerprint density at radius 2 is 2.17 bits per heavy atom. The second-order valence-electron chi connectivity index (χ2n) is 5.85. The lowest BCUT2D eigenvalue weighted by Gasteiger charge is -2.32. The van der Waals surface area contributed by atoms with E-state index in [1.165, 1.54) is 23.1 Å². The van der Waals surface area contributed by atoms with Gasteiger partial charge in [0.1, 0.15) is 12.3 Å². The molecule has 8 heteroatoms. The SMILES string of the molecule is O=C(O)Cn1ccc([C@H]2CCCN(C(=O)c3cncc(O)c3)C2)n1. The molecule has 3 rings (SSSR count). The number of carbonyl (C=O) groups excluding carboxylic acids is 1. The lowest BCUT2D eigenvalue weighted by atomic mass is 9.94. The van der Waals surface area contributed by atoms with Crippen LogP contribution in [0, 0.1) is 0 Å². The van der Waals surface area contributed by atoms with Crippen LogP contribution in [-0.2, 0) is 11.3 Å². The monoisotopic (exact) mass is 330 g/mol. The fraction of sp³-hybridized carbons (Fsp3) is 0.375. The van der Waals surface area contributed by atoms with Gasteiger partial charge in [-0.3, -0.25) is 19.3 Å². The fourth-order valence-corrected chi connectivity index (χ4v) is 2.95. The molecule has 1 saturated heterocycles. The summed E-state index contributed by atoms with van der Waals surface area (Å²) in [5, 5.41) is 22.6. The van der Waals surface area contributed by atoms with Gasteiger partial charge in [-0.15, -0.1) is 0 Å². The van der Waals surface area contributed by atoms with Gasteiger partial charge in [0.2, 0.25) is 0 Å². The Bertz CT molecular complexity index is 758. The van der Waals surface area contributed by atoms with Crippen LogP contribution in [0.5, 0.6) is 5.75 Å².